The van der Waals surface area contributed by atoms with Gasteiger partial charge in [0.05, 0.1) is 6.04 Å². The van der Waals surface area contributed by atoms with Crippen LogP contribution in [0.25, 0.3) is 0 Å². The zero-order valence-electron chi connectivity index (χ0n) is 11.5. The van der Waals surface area contributed by atoms with Gasteiger partial charge >= 0.3 is 0 Å². The topological polar surface area (TPSA) is 26.0 Å². The Labute approximate surface area is 115 Å². The maximum Gasteiger partial charge on any atom is 0.0554 e. The molecule has 1 unspecified atom stereocenters. The number of hydrogen-bond donors (Lipinski definition) is 1. The number of nitrogens with two attached hydrogens (primary N) is 1. The molecule has 2 aromatic rings. The lowest BCUT2D eigenvalue weighted by molar-refractivity contribution is 0.846. The summed E-state index contributed by atoms with van der Waals surface area (Å²) in [4.78, 5) is 0. The maximum absolute atomic E-state index is 6.49. The van der Waals surface area contributed by atoms with E-state index < -0.39 is 0 Å². The summed E-state index contributed by atoms with van der Waals surface area (Å²) in [5.41, 5.74) is 13.4. The first-order valence-corrected chi connectivity index (χ1v) is 7.24. The van der Waals surface area contributed by atoms with Crippen LogP contribution in [0.5, 0.6) is 0 Å². The molecule has 98 valence electrons. The van der Waals surface area contributed by atoms with Crippen molar-refractivity contribution in [3.63, 3.8) is 0 Å². The van der Waals surface area contributed by atoms with Crippen molar-refractivity contribution in [1.29, 1.82) is 0 Å². The Morgan fingerprint density at radius 2 is 1.84 bits per heavy atom. The molecule has 2 aromatic carbocycles. The summed E-state index contributed by atoms with van der Waals surface area (Å²) in [6.45, 7) is 2.19. The van der Waals surface area contributed by atoms with E-state index in [9.17, 15) is 0 Å². The lowest BCUT2D eigenvalue weighted by atomic mass is 9.92. The molecule has 1 nitrogen and oxygen atoms in total. The third-order valence-corrected chi connectivity index (χ3v) is 4.25. The van der Waals surface area contributed by atoms with E-state index in [-0.39, 0.29) is 6.04 Å². The smallest absolute Gasteiger partial charge is 0.0554 e. The van der Waals surface area contributed by atoms with Gasteiger partial charge in [-0.15, -0.1) is 0 Å². The molecule has 0 saturated carbocycles. The molecule has 0 aliphatic heterocycles. The van der Waals surface area contributed by atoms with Crippen molar-refractivity contribution in [2.75, 3.05) is 0 Å². The molecule has 2 N–H and O–H groups in total. The van der Waals surface area contributed by atoms with Crippen LogP contribution in [0.2, 0.25) is 0 Å². The summed E-state index contributed by atoms with van der Waals surface area (Å²) < 4.78 is 0. The molecule has 1 heteroatoms. The fourth-order valence-electron chi connectivity index (χ4n) is 3.12. The molecule has 19 heavy (non-hydrogen) atoms. The molecule has 0 heterocycles. The molecule has 0 fully saturated rings. The van der Waals surface area contributed by atoms with Gasteiger partial charge in [-0.1, -0.05) is 49.4 Å². The Morgan fingerprint density at radius 1 is 1.05 bits per heavy atom. The predicted molar refractivity (Wildman–Crippen MR) is 80.3 cm³/mol. The number of fused-ring (bicyclic) bond motifs is 1. The Hall–Kier alpha value is -1.60. The van der Waals surface area contributed by atoms with E-state index in [1.54, 1.807) is 0 Å². The lowest BCUT2D eigenvalue weighted by Gasteiger charge is -2.17. The van der Waals surface area contributed by atoms with Crippen LogP contribution in [0, 0.1) is 0 Å². The van der Waals surface area contributed by atoms with Gasteiger partial charge in [-0.25, -0.2) is 0 Å². The van der Waals surface area contributed by atoms with Gasteiger partial charge in [0.15, 0.2) is 0 Å². The van der Waals surface area contributed by atoms with Gasteiger partial charge < -0.3 is 5.73 Å². The summed E-state index contributed by atoms with van der Waals surface area (Å²) in [5, 5.41) is 0. The number of aryl methyl sites for hydroxylation is 3. The number of rotatable bonds is 3. The van der Waals surface area contributed by atoms with Crippen molar-refractivity contribution in [1.82, 2.24) is 0 Å². The Morgan fingerprint density at radius 3 is 2.68 bits per heavy atom. The second kappa shape index (κ2) is 5.18. The highest BCUT2D eigenvalue weighted by Gasteiger charge is 2.16. The minimum Gasteiger partial charge on any atom is -0.320 e. The molecule has 0 bridgehead atoms. The molecule has 0 amide bonds. The van der Waals surface area contributed by atoms with Gasteiger partial charge in [-0.2, -0.15) is 0 Å². The van der Waals surface area contributed by atoms with Crippen molar-refractivity contribution in [3.8, 4) is 0 Å². The van der Waals surface area contributed by atoms with E-state index in [1.807, 2.05) is 0 Å². The summed E-state index contributed by atoms with van der Waals surface area (Å²) in [5.74, 6) is 0. The van der Waals surface area contributed by atoms with E-state index in [0.717, 1.165) is 6.42 Å². The molecular formula is C18H21N. The Kier molecular flexibility index (Phi) is 3.39. The predicted octanol–water partition coefficient (Wildman–Crippen LogP) is 3.79. The summed E-state index contributed by atoms with van der Waals surface area (Å²) in [7, 11) is 0. The molecule has 1 atom stereocenters. The van der Waals surface area contributed by atoms with E-state index in [0.29, 0.717) is 0 Å². The van der Waals surface area contributed by atoms with Crippen LogP contribution in [0.3, 0.4) is 0 Å². The van der Waals surface area contributed by atoms with Crippen LogP contribution < -0.4 is 5.73 Å². The first-order valence-electron chi connectivity index (χ1n) is 7.24. The highest BCUT2D eigenvalue weighted by molar-refractivity contribution is 5.42. The SMILES string of the molecule is CCc1ccccc1C(N)c1ccc2c(c1)CCC2. The third kappa shape index (κ3) is 2.31. The van der Waals surface area contributed by atoms with Gasteiger partial charge in [0.2, 0.25) is 0 Å². The molecule has 1 aliphatic carbocycles. The molecule has 0 spiro atoms. The first kappa shape index (κ1) is 12.4. The third-order valence-electron chi connectivity index (χ3n) is 4.25. The van der Waals surface area contributed by atoms with Gasteiger partial charge in [-0.05, 0) is 53.5 Å². The molecule has 1 aliphatic rings. The van der Waals surface area contributed by atoms with Crippen LogP contribution >= 0.6 is 0 Å². The highest BCUT2D eigenvalue weighted by Crippen LogP contribution is 2.28. The average molecular weight is 251 g/mol. The zero-order valence-corrected chi connectivity index (χ0v) is 11.5. The second-order valence-electron chi connectivity index (χ2n) is 5.41. The van der Waals surface area contributed by atoms with Crippen LogP contribution in [0.15, 0.2) is 42.5 Å². The second-order valence-corrected chi connectivity index (χ2v) is 5.41. The summed E-state index contributed by atoms with van der Waals surface area (Å²) in [6.07, 6.45) is 4.77. The monoisotopic (exact) mass is 251 g/mol. The summed E-state index contributed by atoms with van der Waals surface area (Å²) in [6, 6.07) is 15.3. The zero-order chi connectivity index (χ0) is 13.2. The van der Waals surface area contributed by atoms with Crippen molar-refractivity contribution in [3.05, 3.63) is 70.3 Å². The molecule has 0 radical (unpaired) electrons. The van der Waals surface area contributed by atoms with Gasteiger partial charge in [0.1, 0.15) is 0 Å². The van der Waals surface area contributed by atoms with Crippen LogP contribution in [-0.4, -0.2) is 0 Å². The molecule has 0 saturated heterocycles. The van der Waals surface area contributed by atoms with E-state index in [2.05, 4.69) is 49.4 Å². The Balaban J connectivity index is 1.97. The lowest BCUT2D eigenvalue weighted by Crippen LogP contribution is -2.14. The van der Waals surface area contributed by atoms with Crippen molar-refractivity contribution >= 4 is 0 Å². The van der Waals surface area contributed by atoms with Crippen molar-refractivity contribution < 1.29 is 0 Å². The van der Waals surface area contributed by atoms with Crippen molar-refractivity contribution in [2.45, 2.75) is 38.6 Å². The van der Waals surface area contributed by atoms with Crippen LogP contribution in [0.1, 0.15) is 47.2 Å². The van der Waals surface area contributed by atoms with Gasteiger partial charge in [-0.3, -0.25) is 0 Å². The summed E-state index contributed by atoms with van der Waals surface area (Å²) >= 11 is 0. The largest absolute Gasteiger partial charge is 0.320 e. The average Bonchev–Trinajstić information content (AvgIpc) is 2.93. The molecule has 3 rings (SSSR count). The Bertz CT molecular complexity index is 586. The highest BCUT2D eigenvalue weighted by atomic mass is 14.6. The standard InChI is InChI=1S/C18H21N/c1-2-13-6-3-4-9-17(13)18(19)16-11-10-14-7-5-8-15(14)12-16/h3-4,6,9-12,18H,2,5,7-8,19H2,1H3. The fourth-order valence-corrected chi connectivity index (χ4v) is 3.12. The van der Waals surface area contributed by atoms with Crippen molar-refractivity contribution in [2.24, 2.45) is 5.73 Å². The fraction of sp³-hybridized carbons (Fsp3) is 0.333. The van der Waals surface area contributed by atoms with Crippen LogP contribution in [0.4, 0.5) is 0 Å². The molecule has 0 aromatic heterocycles. The van der Waals surface area contributed by atoms with E-state index in [1.165, 1.54) is 47.1 Å². The number of hydrogen-bond acceptors (Lipinski definition) is 1. The van der Waals surface area contributed by atoms with Gasteiger partial charge in [0.25, 0.3) is 0 Å². The normalized spacial score (nSPS) is 15.3. The van der Waals surface area contributed by atoms with E-state index in [4.69, 9.17) is 5.73 Å². The minimum absolute atomic E-state index is 0.00190. The van der Waals surface area contributed by atoms with Gasteiger partial charge in [0, 0.05) is 0 Å². The van der Waals surface area contributed by atoms with Crippen LogP contribution in [-0.2, 0) is 19.3 Å². The number of benzene rings is 2. The first-order chi connectivity index (χ1) is 9.29. The maximum atomic E-state index is 6.49. The minimum atomic E-state index is 0.00190. The van der Waals surface area contributed by atoms with E-state index >= 15 is 0 Å². The molecular weight excluding hydrogens is 230 g/mol. The quantitative estimate of drug-likeness (QED) is 0.882.